The molecule has 0 aromatic heterocycles. The largest absolute Gasteiger partial charge is 0.0683 e. The zero-order chi connectivity index (χ0) is 15.0. The van der Waals surface area contributed by atoms with Crippen molar-refractivity contribution in [3.63, 3.8) is 0 Å². The molecular formula is C18H42. The standard InChI is InChI=1S/C7H14.C6H14.C3H8.C2H6/c1-6-4-3-5-7(6)2;1-4-5-6(2)3;1-3-2;1-2/h6-7H,3-5H2,1-2H3;6H,4-5H2,1-3H3;3H2,1-2H3;1-2H3. The predicted octanol–water partition coefficient (Wildman–Crippen LogP) is 7.33. The minimum absolute atomic E-state index is 0.898. The Morgan fingerprint density at radius 1 is 0.889 bits per heavy atom. The van der Waals surface area contributed by atoms with Gasteiger partial charge in [-0.25, -0.2) is 0 Å². The lowest BCUT2D eigenvalue weighted by Crippen LogP contribution is -1.95. The molecule has 0 aromatic rings. The molecule has 0 nitrogen and oxygen atoms in total. The molecule has 1 aliphatic rings. The molecule has 1 fully saturated rings. The molecule has 0 aliphatic heterocycles. The molecule has 2 unspecified atom stereocenters. The van der Waals surface area contributed by atoms with Crippen LogP contribution in [0.15, 0.2) is 0 Å². The molecule has 114 valence electrons. The van der Waals surface area contributed by atoms with Crippen molar-refractivity contribution in [1.29, 1.82) is 0 Å². The fourth-order valence-corrected chi connectivity index (χ4v) is 1.91. The van der Waals surface area contributed by atoms with Crippen LogP contribution in [0, 0.1) is 17.8 Å². The van der Waals surface area contributed by atoms with Crippen molar-refractivity contribution in [3.05, 3.63) is 0 Å². The first-order chi connectivity index (χ1) is 8.49. The Balaban J connectivity index is -0.000000187. The van der Waals surface area contributed by atoms with Gasteiger partial charge in [-0.3, -0.25) is 0 Å². The minimum Gasteiger partial charge on any atom is -0.0683 e. The molecular weight excluding hydrogens is 216 g/mol. The summed E-state index contributed by atoms with van der Waals surface area (Å²) in [5.74, 6) is 2.93. The highest BCUT2D eigenvalue weighted by Crippen LogP contribution is 2.29. The Kier molecular flexibility index (Phi) is 24.8. The van der Waals surface area contributed by atoms with Gasteiger partial charge >= 0.3 is 0 Å². The topological polar surface area (TPSA) is 0 Å². The Labute approximate surface area is 119 Å². The maximum absolute atomic E-state index is 2.36. The third-order valence-electron chi connectivity index (χ3n) is 3.16. The Morgan fingerprint density at radius 2 is 1.22 bits per heavy atom. The van der Waals surface area contributed by atoms with E-state index in [2.05, 4.69) is 48.5 Å². The zero-order valence-corrected chi connectivity index (χ0v) is 15.0. The van der Waals surface area contributed by atoms with E-state index in [9.17, 15) is 0 Å². The molecule has 18 heavy (non-hydrogen) atoms. The summed E-state index contributed by atoms with van der Waals surface area (Å²) in [4.78, 5) is 0. The van der Waals surface area contributed by atoms with Crippen LogP contribution in [0.25, 0.3) is 0 Å². The summed E-state index contributed by atoms with van der Waals surface area (Å²) in [5.41, 5.74) is 0. The van der Waals surface area contributed by atoms with Crippen LogP contribution in [0.2, 0.25) is 0 Å². The fourth-order valence-electron chi connectivity index (χ4n) is 1.91. The van der Waals surface area contributed by atoms with E-state index in [0.717, 1.165) is 17.8 Å². The van der Waals surface area contributed by atoms with Gasteiger partial charge in [0.1, 0.15) is 0 Å². The first-order valence-electron chi connectivity index (χ1n) is 8.49. The molecule has 0 heteroatoms. The second-order valence-corrected chi connectivity index (χ2v) is 5.78. The highest BCUT2D eigenvalue weighted by Gasteiger charge is 2.17. The molecule has 0 radical (unpaired) electrons. The summed E-state index contributed by atoms with van der Waals surface area (Å²) < 4.78 is 0. The van der Waals surface area contributed by atoms with E-state index in [1.54, 1.807) is 0 Å². The minimum atomic E-state index is 0.898. The summed E-state index contributed by atoms with van der Waals surface area (Å²) in [6, 6.07) is 0. The number of rotatable bonds is 2. The average Bonchev–Trinajstić information content (AvgIpc) is 2.68. The molecule has 0 amide bonds. The van der Waals surface area contributed by atoms with E-state index >= 15 is 0 Å². The third-order valence-corrected chi connectivity index (χ3v) is 3.16. The molecule has 1 saturated carbocycles. The van der Waals surface area contributed by atoms with Crippen molar-refractivity contribution >= 4 is 0 Å². The van der Waals surface area contributed by atoms with Crippen molar-refractivity contribution < 1.29 is 0 Å². The molecule has 0 spiro atoms. The molecule has 0 N–H and O–H groups in total. The zero-order valence-electron chi connectivity index (χ0n) is 15.0. The summed E-state index contributed by atoms with van der Waals surface area (Å²) in [5, 5.41) is 0. The van der Waals surface area contributed by atoms with E-state index in [-0.39, 0.29) is 0 Å². The van der Waals surface area contributed by atoms with Gasteiger partial charge in [0.05, 0.1) is 0 Å². The van der Waals surface area contributed by atoms with Gasteiger partial charge in [-0.1, -0.05) is 101 Å². The fraction of sp³-hybridized carbons (Fsp3) is 1.00. The summed E-state index contributed by atoms with van der Waals surface area (Å²) >= 11 is 0. The van der Waals surface area contributed by atoms with Crippen LogP contribution >= 0.6 is 0 Å². The van der Waals surface area contributed by atoms with Gasteiger partial charge in [0, 0.05) is 0 Å². The van der Waals surface area contributed by atoms with E-state index in [1.165, 1.54) is 38.5 Å². The van der Waals surface area contributed by atoms with Crippen LogP contribution in [0.5, 0.6) is 0 Å². The first kappa shape index (κ1) is 23.1. The van der Waals surface area contributed by atoms with Crippen molar-refractivity contribution in [2.24, 2.45) is 17.8 Å². The van der Waals surface area contributed by atoms with Crippen LogP contribution < -0.4 is 0 Å². The monoisotopic (exact) mass is 258 g/mol. The van der Waals surface area contributed by atoms with Gasteiger partial charge in [-0.05, 0) is 17.8 Å². The highest BCUT2D eigenvalue weighted by molar-refractivity contribution is 4.69. The van der Waals surface area contributed by atoms with Gasteiger partial charge in [0.15, 0.2) is 0 Å². The van der Waals surface area contributed by atoms with Crippen molar-refractivity contribution in [2.75, 3.05) is 0 Å². The van der Waals surface area contributed by atoms with Gasteiger partial charge in [-0.2, -0.15) is 0 Å². The molecule has 1 aliphatic carbocycles. The smallest absolute Gasteiger partial charge is 0.0417 e. The van der Waals surface area contributed by atoms with Crippen molar-refractivity contribution in [2.45, 2.75) is 101 Å². The van der Waals surface area contributed by atoms with Gasteiger partial charge in [0.25, 0.3) is 0 Å². The summed E-state index contributed by atoms with van der Waals surface area (Å²) in [7, 11) is 0. The highest BCUT2D eigenvalue weighted by atomic mass is 14.2. The van der Waals surface area contributed by atoms with E-state index in [1.807, 2.05) is 13.8 Å². The predicted molar refractivity (Wildman–Crippen MR) is 89.2 cm³/mol. The maximum Gasteiger partial charge on any atom is -0.0417 e. The van der Waals surface area contributed by atoms with Crippen LogP contribution in [-0.2, 0) is 0 Å². The molecule has 0 aromatic carbocycles. The Bertz CT molecular complexity index is 107. The van der Waals surface area contributed by atoms with Crippen LogP contribution in [0.1, 0.15) is 101 Å². The van der Waals surface area contributed by atoms with Crippen molar-refractivity contribution in [3.8, 4) is 0 Å². The average molecular weight is 259 g/mol. The van der Waals surface area contributed by atoms with Crippen LogP contribution in [0.4, 0.5) is 0 Å². The van der Waals surface area contributed by atoms with Gasteiger partial charge in [-0.15, -0.1) is 0 Å². The van der Waals surface area contributed by atoms with Crippen LogP contribution in [-0.4, -0.2) is 0 Å². The number of hydrogen-bond acceptors (Lipinski definition) is 0. The van der Waals surface area contributed by atoms with Crippen LogP contribution in [0.3, 0.4) is 0 Å². The molecule has 1 rings (SSSR count). The van der Waals surface area contributed by atoms with E-state index in [4.69, 9.17) is 0 Å². The second kappa shape index (κ2) is 19.3. The Hall–Kier alpha value is 0. The normalized spacial score (nSPS) is 21.0. The van der Waals surface area contributed by atoms with Gasteiger partial charge < -0.3 is 0 Å². The van der Waals surface area contributed by atoms with Gasteiger partial charge in [0.2, 0.25) is 0 Å². The summed E-state index contributed by atoms with van der Waals surface area (Å²) in [6.45, 7) is 19.7. The van der Waals surface area contributed by atoms with E-state index in [0.29, 0.717) is 0 Å². The second-order valence-electron chi connectivity index (χ2n) is 5.78. The quantitative estimate of drug-likeness (QED) is 0.486. The maximum atomic E-state index is 2.36. The lowest BCUT2D eigenvalue weighted by atomic mass is 10.0. The lowest BCUT2D eigenvalue weighted by Gasteiger charge is -2.05. The van der Waals surface area contributed by atoms with Crippen molar-refractivity contribution in [1.82, 2.24) is 0 Å². The Morgan fingerprint density at radius 3 is 1.28 bits per heavy atom. The molecule has 0 bridgehead atoms. The SMILES string of the molecule is CC.CC1CCCC1C.CCC.CCCC(C)C. The summed E-state index contributed by atoms with van der Waals surface area (Å²) in [6.07, 6.45) is 8.38. The number of hydrogen-bond donors (Lipinski definition) is 0. The van der Waals surface area contributed by atoms with E-state index < -0.39 is 0 Å². The molecule has 2 atom stereocenters. The molecule has 0 heterocycles. The first-order valence-corrected chi connectivity index (χ1v) is 8.49. The molecule has 0 saturated heterocycles. The third kappa shape index (κ3) is 21.3. The lowest BCUT2D eigenvalue weighted by molar-refractivity contribution is 0.457.